The van der Waals surface area contributed by atoms with E-state index in [2.05, 4.69) is 26.0 Å². The molecule has 4 nitrogen and oxygen atoms in total. The SMILES string of the molecule is Cc1cc(C(=O)c2ncnn2C(C)C)ccc1Br. The van der Waals surface area contributed by atoms with Gasteiger partial charge in [-0.05, 0) is 44.5 Å². The van der Waals surface area contributed by atoms with Crippen LogP contribution in [-0.4, -0.2) is 20.5 Å². The van der Waals surface area contributed by atoms with Crippen molar-refractivity contribution < 1.29 is 4.79 Å². The third-order valence-corrected chi connectivity index (χ3v) is 3.58. The van der Waals surface area contributed by atoms with Gasteiger partial charge in [0.05, 0.1) is 0 Å². The van der Waals surface area contributed by atoms with Crippen LogP contribution in [0.15, 0.2) is 29.0 Å². The second kappa shape index (κ2) is 5.02. The van der Waals surface area contributed by atoms with Gasteiger partial charge in [0, 0.05) is 16.1 Å². The summed E-state index contributed by atoms with van der Waals surface area (Å²) in [7, 11) is 0. The Balaban J connectivity index is 2.42. The van der Waals surface area contributed by atoms with E-state index in [1.807, 2.05) is 32.9 Å². The lowest BCUT2D eigenvalue weighted by Crippen LogP contribution is -2.14. The molecule has 5 heteroatoms. The molecule has 0 saturated carbocycles. The molecule has 2 rings (SSSR count). The molecule has 94 valence electrons. The normalized spacial score (nSPS) is 10.9. The molecular weight excluding hydrogens is 294 g/mol. The van der Waals surface area contributed by atoms with Crippen LogP contribution < -0.4 is 0 Å². The van der Waals surface area contributed by atoms with Crippen LogP contribution in [0.4, 0.5) is 0 Å². The molecule has 0 aliphatic heterocycles. The minimum absolute atomic E-state index is 0.100. The summed E-state index contributed by atoms with van der Waals surface area (Å²) in [6.07, 6.45) is 1.42. The molecule has 0 bridgehead atoms. The van der Waals surface area contributed by atoms with Crippen molar-refractivity contribution >= 4 is 21.7 Å². The van der Waals surface area contributed by atoms with E-state index in [0.717, 1.165) is 10.0 Å². The summed E-state index contributed by atoms with van der Waals surface area (Å²) in [5, 5.41) is 4.08. The zero-order valence-corrected chi connectivity index (χ0v) is 12.1. The topological polar surface area (TPSA) is 47.8 Å². The van der Waals surface area contributed by atoms with Gasteiger partial charge in [-0.1, -0.05) is 15.9 Å². The van der Waals surface area contributed by atoms with Crippen LogP contribution in [0.2, 0.25) is 0 Å². The molecule has 0 spiro atoms. The van der Waals surface area contributed by atoms with Gasteiger partial charge < -0.3 is 0 Å². The molecule has 0 aliphatic rings. The minimum Gasteiger partial charge on any atom is -0.285 e. The molecule has 0 aliphatic carbocycles. The Bertz CT molecular complexity index is 590. The molecule has 0 radical (unpaired) electrons. The predicted molar refractivity (Wildman–Crippen MR) is 72.7 cm³/mol. The number of rotatable bonds is 3. The first-order valence-corrected chi connectivity index (χ1v) is 6.50. The van der Waals surface area contributed by atoms with E-state index in [1.54, 1.807) is 10.7 Å². The Labute approximate surface area is 114 Å². The van der Waals surface area contributed by atoms with Crippen LogP contribution in [0.25, 0.3) is 0 Å². The van der Waals surface area contributed by atoms with E-state index in [9.17, 15) is 4.79 Å². The number of hydrogen-bond acceptors (Lipinski definition) is 3. The molecule has 18 heavy (non-hydrogen) atoms. The largest absolute Gasteiger partial charge is 0.285 e. The zero-order chi connectivity index (χ0) is 13.3. The van der Waals surface area contributed by atoms with Crippen LogP contribution in [0.3, 0.4) is 0 Å². The summed E-state index contributed by atoms with van der Waals surface area (Å²) in [6, 6.07) is 5.63. The van der Waals surface area contributed by atoms with E-state index in [-0.39, 0.29) is 11.8 Å². The first-order valence-electron chi connectivity index (χ1n) is 5.71. The Morgan fingerprint density at radius 3 is 2.72 bits per heavy atom. The molecule has 1 aromatic carbocycles. The molecule has 1 aromatic heterocycles. The van der Waals surface area contributed by atoms with E-state index in [0.29, 0.717) is 11.4 Å². The highest BCUT2D eigenvalue weighted by atomic mass is 79.9. The Morgan fingerprint density at radius 1 is 1.39 bits per heavy atom. The standard InChI is InChI=1S/C13H14BrN3O/c1-8(2)17-13(15-7-16-17)12(18)10-4-5-11(14)9(3)6-10/h4-8H,1-3H3. The van der Waals surface area contributed by atoms with Gasteiger partial charge in [0.15, 0.2) is 5.82 Å². The fourth-order valence-corrected chi connectivity index (χ4v) is 1.95. The Kier molecular flexibility index (Phi) is 3.61. The van der Waals surface area contributed by atoms with E-state index in [1.165, 1.54) is 6.33 Å². The van der Waals surface area contributed by atoms with Crippen molar-refractivity contribution in [2.45, 2.75) is 26.8 Å². The van der Waals surface area contributed by atoms with Crippen molar-refractivity contribution in [3.05, 3.63) is 46.0 Å². The van der Waals surface area contributed by atoms with Gasteiger partial charge in [-0.25, -0.2) is 9.67 Å². The smallest absolute Gasteiger partial charge is 0.229 e. The monoisotopic (exact) mass is 307 g/mol. The summed E-state index contributed by atoms with van der Waals surface area (Å²) in [4.78, 5) is 16.4. The zero-order valence-electron chi connectivity index (χ0n) is 10.5. The van der Waals surface area contributed by atoms with E-state index in [4.69, 9.17) is 0 Å². The van der Waals surface area contributed by atoms with Crippen LogP contribution in [-0.2, 0) is 0 Å². The predicted octanol–water partition coefficient (Wildman–Crippen LogP) is 3.16. The molecule has 0 N–H and O–H groups in total. The number of carbonyl (C=O) groups is 1. The first-order chi connectivity index (χ1) is 8.50. The van der Waals surface area contributed by atoms with Crippen molar-refractivity contribution in [1.82, 2.24) is 14.8 Å². The first kappa shape index (κ1) is 13.0. The lowest BCUT2D eigenvalue weighted by molar-refractivity contribution is 0.102. The van der Waals surface area contributed by atoms with Gasteiger partial charge in [0.2, 0.25) is 5.78 Å². The third-order valence-electron chi connectivity index (χ3n) is 2.69. The van der Waals surface area contributed by atoms with Gasteiger partial charge in [0.25, 0.3) is 0 Å². The van der Waals surface area contributed by atoms with Crippen molar-refractivity contribution in [3.8, 4) is 0 Å². The number of hydrogen-bond donors (Lipinski definition) is 0. The Hall–Kier alpha value is -1.49. The highest BCUT2D eigenvalue weighted by molar-refractivity contribution is 9.10. The number of halogens is 1. The van der Waals surface area contributed by atoms with Gasteiger partial charge >= 0.3 is 0 Å². The van der Waals surface area contributed by atoms with Gasteiger partial charge in [0.1, 0.15) is 6.33 Å². The number of ketones is 1. The van der Waals surface area contributed by atoms with E-state index >= 15 is 0 Å². The average molecular weight is 308 g/mol. The van der Waals surface area contributed by atoms with Crippen LogP contribution in [0.1, 0.15) is 41.6 Å². The third kappa shape index (κ3) is 2.36. The maximum atomic E-state index is 12.4. The summed E-state index contributed by atoms with van der Waals surface area (Å²) >= 11 is 3.42. The fourth-order valence-electron chi connectivity index (χ4n) is 1.71. The summed E-state index contributed by atoms with van der Waals surface area (Å²) in [5.74, 6) is 0.281. The molecule has 1 heterocycles. The highest BCUT2D eigenvalue weighted by Gasteiger charge is 2.18. The summed E-state index contributed by atoms with van der Waals surface area (Å²) < 4.78 is 2.63. The van der Waals surface area contributed by atoms with Crippen molar-refractivity contribution in [3.63, 3.8) is 0 Å². The molecule has 0 amide bonds. The highest BCUT2D eigenvalue weighted by Crippen LogP contribution is 2.19. The number of aryl methyl sites for hydroxylation is 1. The molecule has 0 atom stereocenters. The van der Waals surface area contributed by atoms with Crippen molar-refractivity contribution in [2.75, 3.05) is 0 Å². The maximum absolute atomic E-state index is 12.4. The van der Waals surface area contributed by atoms with Crippen molar-refractivity contribution in [2.24, 2.45) is 0 Å². The van der Waals surface area contributed by atoms with Crippen LogP contribution in [0, 0.1) is 6.92 Å². The van der Waals surface area contributed by atoms with Gasteiger partial charge in [-0.15, -0.1) is 0 Å². The molecular formula is C13H14BrN3O. The number of nitrogens with zero attached hydrogens (tertiary/aromatic N) is 3. The molecule has 0 unspecified atom stereocenters. The minimum atomic E-state index is -0.100. The van der Waals surface area contributed by atoms with Crippen LogP contribution in [0.5, 0.6) is 0 Å². The average Bonchev–Trinajstić information content (AvgIpc) is 2.81. The Morgan fingerprint density at radius 2 is 2.11 bits per heavy atom. The second-order valence-corrected chi connectivity index (χ2v) is 5.27. The van der Waals surface area contributed by atoms with E-state index < -0.39 is 0 Å². The molecule has 2 aromatic rings. The number of aromatic nitrogens is 3. The number of carbonyl (C=O) groups excluding carboxylic acids is 1. The van der Waals surface area contributed by atoms with Gasteiger partial charge in [-0.3, -0.25) is 4.79 Å². The number of benzene rings is 1. The van der Waals surface area contributed by atoms with Crippen molar-refractivity contribution in [1.29, 1.82) is 0 Å². The second-order valence-electron chi connectivity index (χ2n) is 4.42. The quantitative estimate of drug-likeness (QED) is 0.818. The lowest BCUT2D eigenvalue weighted by Gasteiger charge is -2.09. The molecule has 0 saturated heterocycles. The molecule has 0 fully saturated rings. The summed E-state index contributed by atoms with van der Waals surface area (Å²) in [5.41, 5.74) is 1.65. The fraction of sp³-hybridized carbons (Fsp3) is 0.308. The van der Waals surface area contributed by atoms with Crippen LogP contribution >= 0.6 is 15.9 Å². The van der Waals surface area contributed by atoms with Gasteiger partial charge in [-0.2, -0.15) is 5.10 Å². The summed E-state index contributed by atoms with van der Waals surface area (Å²) in [6.45, 7) is 5.89. The lowest BCUT2D eigenvalue weighted by atomic mass is 10.1. The maximum Gasteiger partial charge on any atom is 0.229 e.